The van der Waals surface area contributed by atoms with Crippen molar-refractivity contribution in [1.82, 2.24) is 9.97 Å². The Bertz CT molecular complexity index is 1350. The standard InChI is InChI=1S/C28H22F4N2O/c1-3-5-17-15-33-28(34-16-17)22-11-10-20(24(29)26(22)31)18-6-8-19(9-7-18)21-12-13-23(35-14-4-2)27(32)25(21)30/h4,6-13,15-16H,2-3,5,14H2,1H3. The van der Waals surface area contributed by atoms with Crippen molar-refractivity contribution in [1.29, 1.82) is 0 Å². The fourth-order valence-corrected chi connectivity index (χ4v) is 3.70. The van der Waals surface area contributed by atoms with Crippen molar-refractivity contribution < 1.29 is 22.3 Å². The number of rotatable bonds is 8. The van der Waals surface area contributed by atoms with E-state index in [2.05, 4.69) is 16.5 Å². The Kier molecular flexibility index (Phi) is 7.25. The van der Waals surface area contributed by atoms with Gasteiger partial charge in [-0.1, -0.05) is 56.3 Å². The van der Waals surface area contributed by atoms with E-state index in [0.717, 1.165) is 18.4 Å². The van der Waals surface area contributed by atoms with Crippen LogP contribution >= 0.6 is 0 Å². The summed E-state index contributed by atoms with van der Waals surface area (Å²) in [6, 6.07) is 11.6. The van der Waals surface area contributed by atoms with Gasteiger partial charge in [0.15, 0.2) is 29.0 Å². The number of hydrogen-bond acceptors (Lipinski definition) is 3. The molecule has 0 bridgehead atoms. The van der Waals surface area contributed by atoms with Crippen LogP contribution in [-0.2, 0) is 6.42 Å². The van der Waals surface area contributed by atoms with E-state index >= 15 is 0 Å². The summed E-state index contributed by atoms with van der Waals surface area (Å²) in [5.74, 6) is -4.39. The van der Waals surface area contributed by atoms with Crippen molar-refractivity contribution >= 4 is 0 Å². The Labute approximate surface area is 200 Å². The van der Waals surface area contributed by atoms with E-state index in [4.69, 9.17) is 4.74 Å². The molecule has 1 heterocycles. The minimum Gasteiger partial charge on any atom is -0.486 e. The predicted octanol–water partition coefficient (Wildman–Crippen LogP) is 7.55. The Morgan fingerprint density at radius 3 is 1.83 bits per heavy atom. The van der Waals surface area contributed by atoms with Crippen LogP contribution in [0.3, 0.4) is 0 Å². The minimum atomic E-state index is -1.11. The third kappa shape index (κ3) is 4.94. The van der Waals surface area contributed by atoms with Gasteiger partial charge in [-0.3, -0.25) is 0 Å². The van der Waals surface area contributed by atoms with Gasteiger partial charge in [0.2, 0.25) is 5.82 Å². The average molecular weight is 478 g/mol. The molecule has 0 aliphatic carbocycles. The number of aromatic nitrogens is 2. The lowest BCUT2D eigenvalue weighted by molar-refractivity contribution is 0.333. The highest BCUT2D eigenvalue weighted by Gasteiger charge is 2.19. The van der Waals surface area contributed by atoms with Gasteiger partial charge < -0.3 is 4.74 Å². The Morgan fingerprint density at radius 1 is 0.743 bits per heavy atom. The average Bonchev–Trinajstić information content (AvgIpc) is 2.88. The van der Waals surface area contributed by atoms with E-state index in [0.29, 0.717) is 11.1 Å². The van der Waals surface area contributed by atoms with Crippen LogP contribution in [-0.4, -0.2) is 16.6 Å². The summed E-state index contributed by atoms with van der Waals surface area (Å²) in [4.78, 5) is 8.31. The molecule has 178 valence electrons. The van der Waals surface area contributed by atoms with Gasteiger partial charge in [-0.25, -0.2) is 23.1 Å². The van der Waals surface area contributed by atoms with Crippen LogP contribution in [0.4, 0.5) is 17.6 Å². The van der Waals surface area contributed by atoms with Gasteiger partial charge >= 0.3 is 0 Å². The van der Waals surface area contributed by atoms with Crippen LogP contribution < -0.4 is 4.74 Å². The molecule has 1 aromatic heterocycles. The third-order valence-corrected chi connectivity index (χ3v) is 5.48. The van der Waals surface area contributed by atoms with Gasteiger partial charge in [-0.2, -0.15) is 4.39 Å². The lowest BCUT2D eigenvalue weighted by Crippen LogP contribution is -1.99. The van der Waals surface area contributed by atoms with Crippen molar-refractivity contribution in [3.05, 3.63) is 102 Å². The van der Waals surface area contributed by atoms with E-state index in [1.54, 1.807) is 12.4 Å². The first kappa shape index (κ1) is 24.1. The SMILES string of the molecule is C=CCOc1ccc(-c2ccc(-c3ccc(-c4ncc(CCC)cn4)c(F)c3F)cc2)c(F)c1F. The molecule has 35 heavy (non-hydrogen) atoms. The largest absolute Gasteiger partial charge is 0.486 e. The zero-order chi connectivity index (χ0) is 24.9. The summed E-state index contributed by atoms with van der Waals surface area (Å²) in [5, 5.41) is 0. The molecule has 0 radical (unpaired) electrons. The number of hydrogen-bond donors (Lipinski definition) is 0. The third-order valence-electron chi connectivity index (χ3n) is 5.48. The van der Waals surface area contributed by atoms with E-state index in [9.17, 15) is 17.6 Å². The van der Waals surface area contributed by atoms with Gasteiger partial charge in [0.05, 0.1) is 5.56 Å². The van der Waals surface area contributed by atoms with Gasteiger partial charge in [-0.05, 0) is 41.3 Å². The van der Waals surface area contributed by atoms with Crippen molar-refractivity contribution in [2.75, 3.05) is 6.61 Å². The summed E-state index contributed by atoms with van der Waals surface area (Å²) in [6.07, 6.45) is 6.37. The molecule has 4 aromatic rings. The molecule has 3 nitrogen and oxygen atoms in total. The van der Waals surface area contributed by atoms with Crippen LogP contribution in [0.1, 0.15) is 18.9 Å². The minimum absolute atomic E-state index is 0.0191. The topological polar surface area (TPSA) is 35.0 Å². The Balaban J connectivity index is 1.62. The summed E-state index contributed by atoms with van der Waals surface area (Å²) in [5.41, 5.74) is 1.68. The summed E-state index contributed by atoms with van der Waals surface area (Å²) in [7, 11) is 0. The van der Waals surface area contributed by atoms with Crippen molar-refractivity contribution in [2.45, 2.75) is 19.8 Å². The van der Waals surface area contributed by atoms with Crippen LogP contribution in [0.2, 0.25) is 0 Å². The molecule has 0 saturated carbocycles. The van der Waals surface area contributed by atoms with Crippen LogP contribution in [0.25, 0.3) is 33.6 Å². The molecule has 0 amide bonds. The first-order valence-electron chi connectivity index (χ1n) is 11.1. The van der Waals surface area contributed by atoms with E-state index in [1.165, 1.54) is 54.6 Å². The predicted molar refractivity (Wildman–Crippen MR) is 128 cm³/mol. The van der Waals surface area contributed by atoms with Crippen LogP contribution in [0.15, 0.2) is 73.6 Å². The number of aryl methyl sites for hydroxylation is 1. The molecule has 0 aliphatic rings. The van der Waals surface area contributed by atoms with Gasteiger partial charge in [0.25, 0.3) is 0 Å². The second-order valence-corrected chi connectivity index (χ2v) is 7.87. The van der Waals surface area contributed by atoms with Crippen LogP contribution in [0, 0.1) is 23.3 Å². The van der Waals surface area contributed by atoms with Crippen molar-refractivity contribution in [3.8, 4) is 39.4 Å². The molecule has 0 fully saturated rings. The Morgan fingerprint density at radius 2 is 1.26 bits per heavy atom. The summed E-state index contributed by atoms with van der Waals surface area (Å²) in [6.45, 7) is 5.54. The van der Waals surface area contributed by atoms with Crippen molar-refractivity contribution in [2.24, 2.45) is 0 Å². The normalized spacial score (nSPS) is 10.9. The maximum atomic E-state index is 15.0. The number of nitrogens with zero attached hydrogens (tertiary/aromatic N) is 2. The molecule has 0 spiro atoms. The van der Waals surface area contributed by atoms with Crippen molar-refractivity contribution in [3.63, 3.8) is 0 Å². The highest BCUT2D eigenvalue weighted by molar-refractivity contribution is 5.73. The molecule has 0 N–H and O–H groups in total. The molecule has 0 unspecified atom stereocenters. The number of ether oxygens (including phenoxy) is 1. The second kappa shape index (κ2) is 10.5. The fourth-order valence-electron chi connectivity index (χ4n) is 3.70. The molecular weight excluding hydrogens is 456 g/mol. The highest BCUT2D eigenvalue weighted by atomic mass is 19.2. The summed E-state index contributed by atoms with van der Waals surface area (Å²) >= 11 is 0. The van der Waals surface area contributed by atoms with Gasteiger partial charge in [0, 0.05) is 23.5 Å². The quantitative estimate of drug-likeness (QED) is 0.194. The molecule has 0 atom stereocenters. The monoisotopic (exact) mass is 478 g/mol. The maximum absolute atomic E-state index is 15.0. The number of benzene rings is 3. The molecule has 0 aliphatic heterocycles. The molecular formula is C28H22F4N2O. The Hall–Kier alpha value is -4.00. The zero-order valence-corrected chi connectivity index (χ0v) is 19.0. The number of halogens is 4. The van der Waals surface area contributed by atoms with E-state index < -0.39 is 23.3 Å². The lowest BCUT2D eigenvalue weighted by Gasteiger charge is -2.11. The fraction of sp³-hybridized carbons (Fsp3) is 0.143. The molecule has 4 rings (SSSR count). The lowest BCUT2D eigenvalue weighted by atomic mass is 9.98. The molecule has 3 aromatic carbocycles. The smallest absolute Gasteiger partial charge is 0.201 e. The first-order valence-corrected chi connectivity index (χ1v) is 11.1. The first-order chi connectivity index (χ1) is 16.9. The zero-order valence-electron chi connectivity index (χ0n) is 19.0. The van der Waals surface area contributed by atoms with Gasteiger partial charge in [0.1, 0.15) is 6.61 Å². The maximum Gasteiger partial charge on any atom is 0.201 e. The van der Waals surface area contributed by atoms with Crippen LogP contribution in [0.5, 0.6) is 5.75 Å². The second-order valence-electron chi connectivity index (χ2n) is 7.87. The molecule has 0 saturated heterocycles. The van der Waals surface area contributed by atoms with E-state index in [-0.39, 0.29) is 34.9 Å². The summed E-state index contributed by atoms with van der Waals surface area (Å²) < 4.78 is 63.8. The van der Waals surface area contributed by atoms with E-state index in [1.807, 2.05) is 6.92 Å². The molecule has 7 heteroatoms. The highest BCUT2D eigenvalue weighted by Crippen LogP contribution is 2.33. The van der Waals surface area contributed by atoms with Gasteiger partial charge in [-0.15, -0.1) is 0 Å².